The molecule has 0 saturated heterocycles. The van der Waals surface area contributed by atoms with E-state index in [0.717, 1.165) is 0 Å². The summed E-state index contributed by atoms with van der Waals surface area (Å²) in [6.45, 7) is 0. The maximum absolute atomic E-state index is 13.7. The Labute approximate surface area is 142 Å². The molecule has 0 spiro atoms. The second kappa shape index (κ2) is 6.32. The smallest absolute Gasteiger partial charge is 0.460 e. The third kappa shape index (κ3) is 3.58. The molecule has 0 aromatic rings. The van der Waals surface area contributed by atoms with Gasteiger partial charge in [0, 0.05) is 0 Å². The van der Waals surface area contributed by atoms with Crippen LogP contribution in [0.5, 0.6) is 0 Å². The molecule has 18 heteroatoms. The molecule has 0 aromatic carbocycles. The van der Waals surface area contributed by atoms with Crippen molar-refractivity contribution in [1.82, 2.24) is 0 Å². The molecule has 0 bridgehead atoms. The Morgan fingerprint density at radius 2 is 1.08 bits per heavy atom. The van der Waals surface area contributed by atoms with Crippen LogP contribution in [0.3, 0.4) is 0 Å². The number of rotatable bonds is 6. The lowest BCUT2D eigenvalue weighted by Gasteiger charge is -2.42. The molecule has 0 saturated carbocycles. The molecule has 3 atom stereocenters. The fraction of sp³-hybridized carbons (Fsp3) is 0.875. The van der Waals surface area contributed by atoms with Crippen LogP contribution in [0.25, 0.3) is 0 Å². The maximum atomic E-state index is 13.7. The minimum Gasteiger partial charge on any atom is -0.477 e. The van der Waals surface area contributed by atoms with Crippen LogP contribution in [0, 0.1) is 0 Å². The second-order valence-corrected chi connectivity index (χ2v) is 5.24. The highest BCUT2D eigenvalue weighted by molar-refractivity contribution is 6.33. The molecule has 0 aliphatic heterocycles. The van der Waals surface area contributed by atoms with E-state index < -0.39 is 46.5 Å². The number of hydrogen-bond acceptors (Lipinski definition) is 2. The molecule has 0 fully saturated rings. The van der Waals surface area contributed by atoms with E-state index in [2.05, 4.69) is 23.2 Å². The average molecular weight is 463 g/mol. The van der Waals surface area contributed by atoms with Crippen molar-refractivity contribution in [3.05, 3.63) is 0 Å². The molecule has 0 amide bonds. The van der Waals surface area contributed by atoms with E-state index in [4.69, 9.17) is 5.11 Å². The standard InChI is InChI=1S/C8HCl2F13O3/c9-3(12,6(10,16)17)4(13,14)5(15,8(21,22)23)26-2(11,1(24)25)7(18,19)20/h(H,24,25). The number of carbonyl (C=O) groups is 1. The first-order chi connectivity index (χ1) is 10.9. The van der Waals surface area contributed by atoms with Gasteiger partial charge in [-0.1, -0.05) is 11.6 Å². The molecule has 26 heavy (non-hydrogen) atoms. The number of halogens is 15. The van der Waals surface area contributed by atoms with Crippen LogP contribution in [0.15, 0.2) is 0 Å². The second-order valence-electron chi connectivity index (χ2n) is 4.24. The predicted molar refractivity (Wildman–Crippen MR) is 53.9 cm³/mol. The number of ether oxygens (including phenoxy) is 1. The van der Waals surface area contributed by atoms with Crippen LogP contribution in [-0.2, 0) is 9.53 Å². The molecule has 0 aliphatic carbocycles. The fourth-order valence-corrected chi connectivity index (χ4v) is 1.34. The first kappa shape index (κ1) is 25.1. The van der Waals surface area contributed by atoms with Crippen LogP contribution in [0.2, 0.25) is 0 Å². The van der Waals surface area contributed by atoms with E-state index >= 15 is 0 Å². The van der Waals surface area contributed by atoms with E-state index in [1.807, 2.05) is 0 Å². The Morgan fingerprint density at radius 1 is 0.731 bits per heavy atom. The van der Waals surface area contributed by atoms with Crippen molar-refractivity contribution in [3.63, 3.8) is 0 Å². The van der Waals surface area contributed by atoms with Crippen LogP contribution in [-0.4, -0.2) is 51.6 Å². The monoisotopic (exact) mass is 462 g/mol. The largest absolute Gasteiger partial charge is 0.477 e. The lowest BCUT2D eigenvalue weighted by molar-refractivity contribution is -0.473. The third-order valence-corrected chi connectivity index (χ3v) is 3.27. The predicted octanol–water partition coefficient (Wildman–Crippen LogP) is 4.92. The quantitative estimate of drug-likeness (QED) is 0.450. The van der Waals surface area contributed by atoms with Gasteiger partial charge in [0.15, 0.2) is 0 Å². The van der Waals surface area contributed by atoms with Crippen LogP contribution >= 0.6 is 23.2 Å². The number of carboxylic acids is 1. The van der Waals surface area contributed by atoms with E-state index in [1.54, 1.807) is 4.74 Å². The molecule has 0 aliphatic rings. The molecule has 156 valence electrons. The minimum atomic E-state index is -7.68. The van der Waals surface area contributed by atoms with Crippen molar-refractivity contribution in [2.24, 2.45) is 0 Å². The Hall–Kier alpha value is -0.900. The lowest BCUT2D eigenvalue weighted by atomic mass is 10.0. The Bertz CT molecular complexity index is 553. The SMILES string of the molecule is O=C(O)C(F)(OC(F)(C(F)(F)F)C(F)(F)C(F)(Cl)C(F)(F)Cl)C(F)(F)F. The third-order valence-electron chi connectivity index (χ3n) is 2.44. The van der Waals surface area contributed by atoms with Crippen molar-refractivity contribution in [3.8, 4) is 0 Å². The van der Waals surface area contributed by atoms with Gasteiger partial charge in [0.05, 0.1) is 0 Å². The van der Waals surface area contributed by atoms with Crippen molar-refractivity contribution < 1.29 is 71.7 Å². The first-order valence-electron chi connectivity index (χ1n) is 5.17. The number of hydrogen-bond donors (Lipinski definition) is 1. The summed E-state index contributed by atoms with van der Waals surface area (Å²) >= 11 is 7.39. The fourth-order valence-electron chi connectivity index (χ4n) is 1.10. The van der Waals surface area contributed by atoms with Gasteiger partial charge in [0.25, 0.3) is 0 Å². The highest BCUT2D eigenvalue weighted by atomic mass is 35.5. The van der Waals surface area contributed by atoms with Gasteiger partial charge >= 0.3 is 46.5 Å². The summed E-state index contributed by atoms with van der Waals surface area (Å²) in [5.41, 5.74) is 0. The van der Waals surface area contributed by atoms with Gasteiger partial charge < -0.3 is 5.11 Å². The highest BCUT2D eigenvalue weighted by Crippen LogP contribution is 2.60. The summed E-state index contributed by atoms with van der Waals surface area (Å²) < 4.78 is 168. The van der Waals surface area contributed by atoms with Gasteiger partial charge in [-0.05, 0) is 11.6 Å². The molecule has 3 unspecified atom stereocenters. The van der Waals surface area contributed by atoms with Crippen molar-refractivity contribution in [1.29, 1.82) is 0 Å². The Morgan fingerprint density at radius 3 is 1.27 bits per heavy atom. The summed E-state index contributed by atoms with van der Waals surface area (Å²) in [4.78, 5) is 10.1. The molecular weight excluding hydrogens is 462 g/mol. The average Bonchev–Trinajstić information content (AvgIpc) is 2.33. The van der Waals surface area contributed by atoms with Crippen LogP contribution in [0.4, 0.5) is 57.1 Å². The zero-order valence-corrected chi connectivity index (χ0v) is 12.4. The summed E-state index contributed by atoms with van der Waals surface area (Å²) in [6.07, 6.45) is -14.8. The zero-order valence-electron chi connectivity index (χ0n) is 10.9. The van der Waals surface area contributed by atoms with Gasteiger partial charge in [-0.3, -0.25) is 4.74 Å². The molecule has 0 aromatic heterocycles. The maximum Gasteiger partial charge on any atom is 0.460 e. The Kier molecular flexibility index (Phi) is 6.10. The molecule has 3 nitrogen and oxygen atoms in total. The lowest BCUT2D eigenvalue weighted by Crippen LogP contribution is -2.71. The van der Waals surface area contributed by atoms with E-state index in [-0.39, 0.29) is 0 Å². The van der Waals surface area contributed by atoms with Crippen molar-refractivity contribution >= 4 is 29.2 Å². The van der Waals surface area contributed by atoms with Crippen LogP contribution in [0.1, 0.15) is 0 Å². The first-order valence-corrected chi connectivity index (χ1v) is 5.93. The minimum absolute atomic E-state index is 1.71. The summed E-state index contributed by atoms with van der Waals surface area (Å²) in [5.74, 6) is -26.4. The van der Waals surface area contributed by atoms with Gasteiger partial charge in [-0.2, -0.15) is 52.7 Å². The summed E-state index contributed by atoms with van der Waals surface area (Å²) in [5, 5.41) is -5.05. The van der Waals surface area contributed by atoms with E-state index in [1.165, 1.54) is 0 Å². The Balaban J connectivity index is 6.75. The van der Waals surface area contributed by atoms with E-state index in [0.29, 0.717) is 0 Å². The summed E-state index contributed by atoms with van der Waals surface area (Å²) in [6, 6.07) is 0. The van der Waals surface area contributed by atoms with Gasteiger partial charge in [-0.15, -0.1) is 0 Å². The van der Waals surface area contributed by atoms with Crippen LogP contribution < -0.4 is 0 Å². The summed E-state index contributed by atoms with van der Waals surface area (Å²) in [7, 11) is 0. The number of carboxylic acid groups (broad SMARTS) is 1. The zero-order chi connectivity index (χ0) is 21.8. The highest BCUT2D eigenvalue weighted by Gasteiger charge is 2.88. The normalized spacial score (nSPS) is 21.5. The molecule has 0 heterocycles. The molecular formula is C8HCl2F13O3. The van der Waals surface area contributed by atoms with E-state index in [9.17, 15) is 61.9 Å². The van der Waals surface area contributed by atoms with Gasteiger partial charge in [0.2, 0.25) is 0 Å². The van der Waals surface area contributed by atoms with Crippen molar-refractivity contribution in [2.75, 3.05) is 0 Å². The number of alkyl halides is 15. The van der Waals surface area contributed by atoms with Crippen molar-refractivity contribution in [2.45, 2.75) is 40.5 Å². The van der Waals surface area contributed by atoms with Gasteiger partial charge in [0.1, 0.15) is 0 Å². The molecule has 0 rings (SSSR count). The topological polar surface area (TPSA) is 46.5 Å². The number of aliphatic carboxylic acids is 1. The molecule has 0 radical (unpaired) electrons. The molecule has 1 N–H and O–H groups in total. The van der Waals surface area contributed by atoms with Gasteiger partial charge in [-0.25, -0.2) is 9.18 Å².